The molecule has 1 fully saturated rings. The van der Waals surface area contributed by atoms with E-state index in [9.17, 15) is 8.78 Å². The Balaban J connectivity index is 1.80. The zero-order chi connectivity index (χ0) is 18.0. The zero-order valence-electron chi connectivity index (χ0n) is 15.1. The van der Waals surface area contributed by atoms with E-state index in [1.165, 1.54) is 6.07 Å². The number of halogens is 2. The summed E-state index contributed by atoms with van der Waals surface area (Å²) in [4.78, 5) is 8.53. The summed E-state index contributed by atoms with van der Waals surface area (Å²) in [6.45, 7) is 9.59. The van der Waals surface area contributed by atoms with Gasteiger partial charge in [-0.05, 0) is 17.5 Å². The second-order valence-electron chi connectivity index (χ2n) is 7.52. The number of rotatable bonds is 5. The van der Waals surface area contributed by atoms with Crippen LogP contribution in [-0.2, 0) is 4.74 Å². The first-order chi connectivity index (χ1) is 11.9. The Kier molecular flexibility index (Phi) is 5.20. The molecule has 0 unspecified atom stereocenters. The maximum Gasteiger partial charge on any atom is 0.152 e. The lowest BCUT2D eigenvalue weighted by Gasteiger charge is -2.37. The molecule has 0 aliphatic carbocycles. The number of anilines is 1. The average molecular weight is 349 g/mol. The Labute approximate surface area is 147 Å². The smallest absolute Gasteiger partial charge is 0.152 e. The second kappa shape index (κ2) is 7.22. The number of hydrogen-bond acceptors (Lipinski definition) is 4. The maximum absolute atomic E-state index is 14.0. The van der Waals surface area contributed by atoms with E-state index in [2.05, 4.69) is 28.6 Å². The summed E-state index contributed by atoms with van der Waals surface area (Å²) >= 11 is 0. The molecule has 3 rings (SSSR count). The third-order valence-corrected chi connectivity index (χ3v) is 4.57. The zero-order valence-corrected chi connectivity index (χ0v) is 15.1. The van der Waals surface area contributed by atoms with Crippen molar-refractivity contribution >= 4 is 16.6 Å². The van der Waals surface area contributed by atoms with E-state index >= 15 is 0 Å². The Morgan fingerprint density at radius 3 is 2.68 bits per heavy atom. The molecule has 1 aromatic heterocycles. The van der Waals surface area contributed by atoms with Crippen molar-refractivity contribution in [1.82, 2.24) is 9.88 Å². The summed E-state index contributed by atoms with van der Waals surface area (Å²) in [6, 6.07) is 4.04. The standard InChI is InChI=1S/C19H25F2N3O/c1-19(2,13-24-6-8-25-9-7-24)12-23(3)17-4-5-22-18-15(17)10-14(20)11-16(18)21/h4-5,10-11H,6-9,12-13H2,1-3H3. The van der Waals surface area contributed by atoms with Gasteiger partial charge < -0.3 is 9.64 Å². The van der Waals surface area contributed by atoms with Crippen molar-refractivity contribution < 1.29 is 13.5 Å². The number of pyridine rings is 1. The fourth-order valence-electron chi connectivity index (χ4n) is 3.64. The van der Waals surface area contributed by atoms with Gasteiger partial charge in [-0.2, -0.15) is 0 Å². The normalized spacial score (nSPS) is 16.4. The van der Waals surface area contributed by atoms with Crippen LogP contribution in [0, 0.1) is 17.0 Å². The van der Waals surface area contributed by atoms with Crippen molar-refractivity contribution in [3.8, 4) is 0 Å². The van der Waals surface area contributed by atoms with E-state index in [4.69, 9.17) is 4.74 Å². The molecule has 0 saturated carbocycles. The summed E-state index contributed by atoms with van der Waals surface area (Å²) in [6.07, 6.45) is 1.57. The summed E-state index contributed by atoms with van der Waals surface area (Å²) in [5.41, 5.74) is 1.02. The van der Waals surface area contributed by atoms with Crippen LogP contribution in [0.4, 0.5) is 14.5 Å². The molecule has 2 aromatic rings. The molecule has 0 radical (unpaired) electrons. The van der Waals surface area contributed by atoms with E-state index < -0.39 is 11.6 Å². The highest BCUT2D eigenvalue weighted by Gasteiger charge is 2.25. The Hall–Kier alpha value is -1.79. The van der Waals surface area contributed by atoms with E-state index in [-0.39, 0.29) is 10.9 Å². The highest BCUT2D eigenvalue weighted by Crippen LogP contribution is 2.30. The lowest BCUT2D eigenvalue weighted by atomic mass is 9.91. The highest BCUT2D eigenvalue weighted by molar-refractivity contribution is 5.91. The number of fused-ring (bicyclic) bond motifs is 1. The molecule has 0 atom stereocenters. The van der Waals surface area contributed by atoms with Crippen LogP contribution in [0.5, 0.6) is 0 Å². The molecular weight excluding hydrogens is 324 g/mol. The van der Waals surface area contributed by atoms with Crippen molar-refractivity contribution in [2.75, 3.05) is 51.3 Å². The maximum atomic E-state index is 14.0. The van der Waals surface area contributed by atoms with Crippen LogP contribution in [0.15, 0.2) is 24.4 Å². The number of ether oxygens (including phenoxy) is 1. The summed E-state index contributed by atoms with van der Waals surface area (Å²) in [5.74, 6) is -1.21. The predicted octanol–water partition coefficient (Wildman–Crippen LogP) is 3.31. The van der Waals surface area contributed by atoms with Crippen LogP contribution in [0.1, 0.15) is 13.8 Å². The lowest BCUT2D eigenvalue weighted by Crippen LogP contribution is -2.45. The minimum atomic E-state index is -0.627. The van der Waals surface area contributed by atoms with Crippen LogP contribution >= 0.6 is 0 Å². The molecule has 25 heavy (non-hydrogen) atoms. The Morgan fingerprint density at radius 2 is 1.96 bits per heavy atom. The Morgan fingerprint density at radius 1 is 1.24 bits per heavy atom. The summed E-state index contributed by atoms with van der Waals surface area (Å²) in [5, 5.41) is 0.504. The summed E-state index contributed by atoms with van der Waals surface area (Å²) < 4.78 is 33.1. The van der Waals surface area contributed by atoms with E-state index in [0.29, 0.717) is 5.39 Å². The third kappa shape index (κ3) is 4.25. The molecular formula is C19H25F2N3O. The first kappa shape index (κ1) is 18.0. The van der Waals surface area contributed by atoms with Gasteiger partial charge in [0.1, 0.15) is 11.3 Å². The van der Waals surface area contributed by atoms with Gasteiger partial charge in [0.2, 0.25) is 0 Å². The van der Waals surface area contributed by atoms with Gasteiger partial charge in [-0.3, -0.25) is 9.88 Å². The van der Waals surface area contributed by atoms with Crippen LogP contribution in [0.3, 0.4) is 0 Å². The third-order valence-electron chi connectivity index (χ3n) is 4.57. The second-order valence-corrected chi connectivity index (χ2v) is 7.52. The largest absolute Gasteiger partial charge is 0.379 e. The van der Waals surface area contributed by atoms with Crippen molar-refractivity contribution in [2.45, 2.75) is 13.8 Å². The quantitative estimate of drug-likeness (QED) is 0.828. The van der Waals surface area contributed by atoms with Crippen LogP contribution in [0.25, 0.3) is 10.9 Å². The number of morpholine rings is 1. The van der Waals surface area contributed by atoms with Gasteiger partial charge in [-0.25, -0.2) is 8.78 Å². The predicted molar refractivity (Wildman–Crippen MR) is 96.0 cm³/mol. The monoisotopic (exact) mass is 349 g/mol. The van der Waals surface area contributed by atoms with Gasteiger partial charge in [0, 0.05) is 56.6 Å². The van der Waals surface area contributed by atoms with Gasteiger partial charge in [0.15, 0.2) is 5.82 Å². The minimum Gasteiger partial charge on any atom is -0.379 e. The van der Waals surface area contributed by atoms with Gasteiger partial charge in [0.05, 0.1) is 13.2 Å². The molecule has 4 nitrogen and oxygen atoms in total. The molecule has 0 amide bonds. The minimum absolute atomic E-state index is 0.0214. The molecule has 1 aliphatic rings. The number of hydrogen-bond donors (Lipinski definition) is 0. The Bertz CT molecular complexity index is 745. The number of aromatic nitrogens is 1. The molecule has 1 saturated heterocycles. The first-order valence-electron chi connectivity index (χ1n) is 8.61. The van der Waals surface area contributed by atoms with E-state index in [1.54, 1.807) is 6.20 Å². The summed E-state index contributed by atoms with van der Waals surface area (Å²) in [7, 11) is 1.96. The first-order valence-corrected chi connectivity index (χ1v) is 8.61. The molecule has 136 valence electrons. The van der Waals surface area contributed by atoms with Gasteiger partial charge in [-0.1, -0.05) is 13.8 Å². The molecule has 6 heteroatoms. The molecule has 2 heterocycles. The van der Waals surface area contributed by atoms with Crippen molar-refractivity contribution in [3.63, 3.8) is 0 Å². The van der Waals surface area contributed by atoms with Crippen molar-refractivity contribution in [3.05, 3.63) is 36.0 Å². The van der Waals surface area contributed by atoms with Crippen LogP contribution in [0.2, 0.25) is 0 Å². The molecule has 1 aromatic carbocycles. The SMILES string of the molecule is CN(CC(C)(C)CN1CCOCC1)c1ccnc2c(F)cc(F)cc12. The average Bonchev–Trinajstić information content (AvgIpc) is 2.54. The van der Waals surface area contributed by atoms with Crippen molar-refractivity contribution in [1.29, 1.82) is 0 Å². The van der Waals surface area contributed by atoms with E-state index in [1.807, 2.05) is 13.1 Å². The van der Waals surface area contributed by atoms with Crippen molar-refractivity contribution in [2.24, 2.45) is 5.41 Å². The lowest BCUT2D eigenvalue weighted by molar-refractivity contribution is 0.0223. The highest BCUT2D eigenvalue weighted by atomic mass is 19.1. The molecule has 1 aliphatic heterocycles. The van der Waals surface area contributed by atoms with Gasteiger partial charge >= 0.3 is 0 Å². The van der Waals surface area contributed by atoms with Gasteiger partial charge in [-0.15, -0.1) is 0 Å². The van der Waals surface area contributed by atoms with Crippen LogP contribution in [-0.4, -0.2) is 56.3 Å². The van der Waals surface area contributed by atoms with Crippen LogP contribution < -0.4 is 4.90 Å². The number of nitrogens with zero attached hydrogens (tertiary/aromatic N) is 3. The fraction of sp³-hybridized carbons (Fsp3) is 0.526. The topological polar surface area (TPSA) is 28.6 Å². The molecule has 0 bridgehead atoms. The van der Waals surface area contributed by atoms with Gasteiger partial charge in [0.25, 0.3) is 0 Å². The number of benzene rings is 1. The van der Waals surface area contributed by atoms with E-state index in [0.717, 1.165) is 51.1 Å². The molecule has 0 N–H and O–H groups in total. The fourth-order valence-corrected chi connectivity index (χ4v) is 3.64. The molecule has 0 spiro atoms.